The molecule has 3 aromatic rings. The summed E-state index contributed by atoms with van der Waals surface area (Å²) in [6.45, 7) is 1.84. The van der Waals surface area contributed by atoms with Crippen LogP contribution in [0.25, 0.3) is 0 Å². The molecule has 1 saturated carbocycles. The predicted molar refractivity (Wildman–Crippen MR) is 107 cm³/mol. The van der Waals surface area contributed by atoms with Crippen LogP contribution in [0.4, 0.5) is 17.6 Å². The van der Waals surface area contributed by atoms with Gasteiger partial charge < -0.3 is 9.47 Å². The van der Waals surface area contributed by atoms with Crippen LogP contribution < -0.4 is 9.47 Å². The topological polar surface area (TPSA) is 61.3 Å². The highest BCUT2D eigenvalue weighted by molar-refractivity contribution is 6.29. The Morgan fingerprint density at radius 2 is 1.88 bits per heavy atom. The molecule has 0 spiro atoms. The normalized spacial score (nSPS) is 13.7. The average Bonchev–Trinajstić information content (AvgIpc) is 3.55. The van der Waals surface area contributed by atoms with Gasteiger partial charge in [0.15, 0.2) is 10.9 Å². The summed E-state index contributed by atoms with van der Waals surface area (Å²) in [6.07, 6.45) is -2.72. The van der Waals surface area contributed by atoms with E-state index in [1.54, 1.807) is 0 Å². The van der Waals surface area contributed by atoms with E-state index in [1.165, 1.54) is 0 Å². The van der Waals surface area contributed by atoms with Gasteiger partial charge in [-0.1, -0.05) is 29.8 Å². The van der Waals surface area contributed by atoms with Crippen LogP contribution >= 0.6 is 11.6 Å². The number of hydrogen-bond donors (Lipinski definition) is 0. The maximum Gasteiger partial charge on any atom is 0.416 e. The highest BCUT2D eigenvalue weighted by atomic mass is 35.5. The van der Waals surface area contributed by atoms with Crippen molar-refractivity contribution in [2.75, 3.05) is 0 Å². The number of rotatable bonds is 5. The molecule has 2 aromatic carbocycles. The summed E-state index contributed by atoms with van der Waals surface area (Å²) in [5.41, 5.74) is -0.132. The molecule has 5 nitrogen and oxygen atoms in total. The summed E-state index contributed by atoms with van der Waals surface area (Å²) in [5.74, 6) is -2.18. The van der Waals surface area contributed by atoms with Crippen molar-refractivity contribution in [1.29, 1.82) is 0 Å². The van der Waals surface area contributed by atoms with Crippen molar-refractivity contribution in [2.45, 2.75) is 31.9 Å². The molecule has 0 N–H and O–H groups in total. The fourth-order valence-corrected chi connectivity index (χ4v) is 3.26. The van der Waals surface area contributed by atoms with Gasteiger partial charge in [0.1, 0.15) is 11.6 Å². The van der Waals surface area contributed by atoms with Crippen molar-refractivity contribution in [3.63, 3.8) is 0 Å². The molecule has 4 rings (SSSR count). The predicted octanol–water partition coefficient (Wildman–Crippen LogP) is 6.49. The quantitative estimate of drug-likeness (QED) is 0.318. The first-order valence-electron chi connectivity index (χ1n) is 9.53. The molecule has 1 fully saturated rings. The Bertz CT molecular complexity index is 1200. The molecule has 1 heterocycles. The Morgan fingerprint density at radius 1 is 1.12 bits per heavy atom. The number of halogens is 5. The number of carbonyl (C=O) groups is 1. The molecule has 166 valence electrons. The fourth-order valence-electron chi connectivity index (χ4n) is 3.12. The first-order chi connectivity index (χ1) is 15.1. The fraction of sp³-hybridized carbons (Fsp3) is 0.227. The highest BCUT2D eigenvalue weighted by Gasteiger charge is 2.32. The zero-order valence-electron chi connectivity index (χ0n) is 16.5. The highest BCUT2D eigenvalue weighted by Crippen LogP contribution is 2.47. The molecule has 10 heteroatoms. The van der Waals surface area contributed by atoms with Gasteiger partial charge in [0.05, 0.1) is 11.1 Å². The van der Waals surface area contributed by atoms with Crippen LogP contribution in [0.2, 0.25) is 5.15 Å². The van der Waals surface area contributed by atoms with Crippen molar-refractivity contribution >= 4 is 17.6 Å². The molecule has 32 heavy (non-hydrogen) atoms. The van der Waals surface area contributed by atoms with Crippen molar-refractivity contribution in [3.05, 3.63) is 75.7 Å². The lowest BCUT2D eigenvalue weighted by Gasteiger charge is -2.15. The van der Waals surface area contributed by atoms with E-state index >= 15 is 0 Å². The van der Waals surface area contributed by atoms with E-state index in [9.17, 15) is 22.4 Å². The second-order valence-electron chi connectivity index (χ2n) is 7.29. The molecule has 0 amide bonds. The van der Waals surface area contributed by atoms with Crippen molar-refractivity contribution in [3.8, 4) is 17.4 Å². The van der Waals surface area contributed by atoms with Crippen LogP contribution in [0.3, 0.4) is 0 Å². The molecular weight excluding hydrogens is 452 g/mol. The number of benzene rings is 2. The smallest absolute Gasteiger partial charge is 0.416 e. The first kappa shape index (κ1) is 22.0. The van der Waals surface area contributed by atoms with E-state index in [0.717, 1.165) is 30.0 Å². The van der Waals surface area contributed by atoms with Crippen molar-refractivity contribution in [1.82, 2.24) is 10.2 Å². The summed E-state index contributed by atoms with van der Waals surface area (Å²) >= 11 is 5.85. The maximum atomic E-state index is 14.2. The van der Waals surface area contributed by atoms with Crippen molar-refractivity contribution in [2.24, 2.45) is 0 Å². The van der Waals surface area contributed by atoms with Gasteiger partial charge in [-0.25, -0.2) is 9.18 Å². The Morgan fingerprint density at radius 3 is 2.53 bits per heavy atom. The van der Waals surface area contributed by atoms with E-state index in [2.05, 4.69) is 10.2 Å². The van der Waals surface area contributed by atoms with Crippen LogP contribution in [-0.2, 0) is 6.18 Å². The van der Waals surface area contributed by atoms with E-state index in [1.807, 2.05) is 25.1 Å². The van der Waals surface area contributed by atoms with Crippen LogP contribution in [-0.4, -0.2) is 16.2 Å². The monoisotopic (exact) mass is 466 g/mol. The number of ether oxygens (including phenoxy) is 2. The summed E-state index contributed by atoms with van der Waals surface area (Å²) in [7, 11) is 0. The van der Waals surface area contributed by atoms with Crippen molar-refractivity contribution < 1.29 is 31.8 Å². The second-order valence-corrected chi connectivity index (χ2v) is 7.68. The largest absolute Gasteiger partial charge is 0.434 e. The summed E-state index contributed by atoms with van der Waals surface area (Å²) in [5, 5.41) is 7.39. The molecular formula is C22H15ClF4N2O3. The molecule has 1 aliphatic carbocycles. The number of nitrogens with zero attached hydrogens (tertiary/aromatic N) is 2. The van der Waals surface area contributed by atoms with Crippen LogP contribution in [0.5, 0.6) is 17.4 Å². The molecule has 1 aromatic heterocycles. The van der Waals surface area contributed by atoms with Gasteiger partial charge in [-0.2, -0.15) is 13.2 Å². The Hall–Kier alpha value is -3.20. The molecule has 0 bridgehead atoms. The second kappa shape index (κ2) is 8.38. The number of para-hydroxylation sites is 1. The Labute approximate surface area is 184 Å². The van der Waals surface area contributed by atoms with Crippen LogP contribution in [0.1, 0.15) is 45.8 Å². The minimum atomic E-state index is -4.75. The number of esters is 1. The number of hydrogen-bond acceptors (Lipinski definition) is 5. The minimum absolute atomic E-state index is 0.125. The van der Waals surface area contributed by atoms with E-state index in [-0.39, 0.29) is 22.8 Å². The van der Waals surface area contributed by atoms with E-state index in [0.29, 0.717) is 23.8 Å². The van der Waals surface area contributed by atoms with Gasteiger partial charge in [0, 0.05) is 6.07 Å². The molecule has 0 saturated heterocycles. The average molecular weight is 467 g/mol. The third kappa shape index (κ3) is 4.67. The van der Waals surface area contributed by atoms with Gasteiger partial charge >= 0.3 is 12.1 Å². The molecule has 0 atom stereocenters. The number of carbonyl (C=O) groups excluding carboxylic acids is 1. The lowest BCUT2D eigenvalue weighted by atomic mass is 10.1. The molecule has 0 aliphatic heterocycles. The molecule has 0 radical (unpaired) electrons. The summed E-state index contributed by atoms with van der Waals surface area (Å²) in [6, 6.07) is 8.33. The maximum absolute atomic E-state index is 14.2. The SMILES string of the molecule is Cc1cccc(C2CC2)c1Oc1nnc(Cl)cc1OC(=O)c1ccc(C(F)(F)F)cc1F. The Balaban J connectivity index is 1.63. The summed E-state index contributed by atoms with van der Waals surface area (Å²) < 4.78 is 63.5. The van der Waals surface area contributed by atoms with Gasteiger partial charge in [0.25, 0.3) is 5.88 Å². The lowest BCUT2D eigenvalue weighted by Crippen LogP contribution is -2.14. The van der Waals surface area contributed by atoms with Gasteiger partial charge in [0.2, 0.25) is 0 Å². The van der Waals surface area contributed by atoms with E-state index < -0.39 is 29.1 Å². The van der Waals surface area contributed by atoms with E-state index in [4.69, 9.17) is 21.1 Å². The van der Waals surface area contributed by atoms with Gasteiger partial charge in [-0.15, -0.1) is 10.2 Å². The Kier molecular flexibility index (Phi) is 5.77. The third-order valence-corrected chi connectivity index (χ3v) is 5.06. The lowest BCUT2D eigenvalue weighted by molar-refractivity contribution is -0.137. The zero-order chi connectivity index (χ0) is 23.0. The number of alkyl halides is 3. The standard InChI is InChI=1S/C22H15ClF4N2O3/c1-11-3-2-4-14(12-5-6-12)19(11)32-20-17(10-18(23)28-29-20)31-21(30)15-8-7-13(9-16(15)24)22(25,26)27/h2-4,7-10,12H,5-6H2,1H3. The third-order valence-electron chi connectivity index (χ3n) is 4.87. The number of aryl methyl sites for hydroxylation is 1. The van der Waals surface area contributed by atoms with Gasteiger partial charge in [-0.05, 0) is 55.0 Å². The van der Waals surface area contributed by atoms with Gasteiger partial charge in [-0.3, -0.25) is 0 Å². The minimum Gasteiger partial charge on any atom is -0.434 e. The summed E-state index contributed by atoms with van der Waals surface area (Å²) in [4.78, 5) is 12.5. The first-order valence-corrected chi connectivity index (χ1v) is 9.91. The van der Waals surface area contributed by atoms with Crippen LogP contribution in [0, 0.1) is 12.7 Å². The number of aromatic nitrogens is 2. The van der Waals surface area contributed by atoms with Crippen LogP contribution in [0.15, 0.2) is 42.5 Å². The molecule has 1 aliphatic rings. The molecule has 0 unspecified atom stereocenters. The zero-order valence-corrected chi connectivity index (χ0v) is 17.3.